The summed E-state index contributed by atoms with van der Waals surface area (Å²) in [5.41, 5.74) is 1.40. The fourth-order valence-corrected chi connectivity index (χ4v) is 4.19. The van der Waals surface area contributed by atoms with Crippen LogP contribution in [0.2, 0.25) is 10.0 Å². The van der Waals surface area contributed by atoms with E-state index < -0.39 is 11.7 Å². The summed E-state index contributed by atoms with van der Waals surface area (Å²) in [6.45, 7) is 11.2. The summed E-state index contributed by atoms with van der Waals surface area (Å²) in [5, 5.41) is 30.8. The number of benzene rings is 2. The summed E-state index contributed by atoms with van der Waals surface area (Å²) >= 11 is 12.0. The number of β-amino-alcohol motifs (C(OH)–C–C–N with tert-alkyl or cyclic N) is 1. The third kappa shape index (κ3) is 11.7. The van der Waals surface area contributed by atoms with Gasteiger partial charge in [-0.2, -0.15) is 0 Å². The molecule has 0 spiro atoms. The number of halogens is 2. The molecule has 3 N–H and O–H groups in total. The average molecular weight is 579 g/mol. The molecule has 39 heavy (non-hydrogen) atoms. The summed E-state index contributed by atoms with van der Waals surface area (Å²) in [7, 11) is 0. The van der Waals surface area contributed by atoms with Gasteiger partial charge in [0.2, 0.25) is 0 Å². The highest BCUT2D eigenvalue weighted by Crippen LogP contribution is 2.31. The van der Waals surface area contributed by atoms with Crippen molar-refractivity contribution in [1.82, 2.24) is 9.88 Å². The second-order valence-corrected chi connectivity index (χ2v) is 10.4. The molecule has 1 aliphatic rings. The molecule has 0 saturated carbocycles. The van der Waals surface area contributed by atoms with Crippen LogP contribution in [0, 0.1) is 0 Å². The molecule has 0 amide bonds. The van der Waals surface area contributed by atoms with Crippen molar-refractivity contribution in [2.75, 3.05) is 44.2 Å². The summed E-state index contributed by atoms with van der Waals surface area (Å²) in [5.74, 6) is 0.633. The molecule has 1 atom stereocenters. The second kappa shape index (κ2) is 16.7. The van der Waals surface area contributed by atoms with Gasteiger partial charge in [-0.1, -0.05) is 61.3 Å². The molecular formula is C30H41Cl2N3O4. The number of piperazine rings is 1. The standard InChI is InChI=1S/C22H30ClN3O4.C6H5Cl.C2H6/c1-22(2,29)15-30-18-5-6-20(19(23)11-18)26-9-7-25(8-10-26)13-21(28)16-3-4-17(14-27)24-12-16;7-6-4-2-1-3-5-6;1-2/h3-6,11-12,21,27-29H,7-10,13-15H2,1-2H3;1-5H;1-2H3. The minimum Gasteiger partial charge on any atom is -0.491 e. The van der Waals surface area contributed by atoms with E-state index in [-0.39, 0.29) is 13.2 Å². The Labute approximate surface area is 242 Å². The molecule has 1 fully saturated rings. The van der Waals surface area contributed by atoms with Crippen LogP contribution in [0.3, 0.4) is 0 Å². The zero-order valence-electron chi connectivity index (χ0n) is 23.2. The van der Waals surface area contributed by atoms with Gasteiger partial charge in [-0.15, -0.1) is 0 Å². The van der Waals surface area contributed by atoms with Gasteiger partial charge < -0.3 is 25.0 Å². The molecule has 214 valence electrons. The fraction of sp³-hybridized carbons (Fsp3) is 0.433. The third-order valence-corrected chi connectivity index (χ3v) is 6.34. The number of rotatable bonds is 8. The number of hydrogen-bond donors (Lipinski definition) is 3. The lowest BCUT2D eigenvalue weighted by atomic mass is 10.1. The third-order valence-electron chi connectivity index (χ3n) is 5.78. The first-order valence-corrected chi connectivity index (χ1v) is 14.0. The Balaban J connectivity index is 0.000000507. The molecule has 9 heteroatoms. The van der Waals surface area contributed by atoms with E-state index in [4.69, 9.17) is 33.0 Å². The number of aromatic nitrogens is 1. The van der Waals surface area contributed by atoms with Crippen molar-refractivity contribution < 1.29 is 20.1 Å². The number of pyridine rings is 1. The van der Waals surface area contributed by atoms with Gasteiger partial charge in [0.15, 0.2) is 0 Å². The molecule has 1 saturated heterocycles. The van der Waals surface area contributed by atoms with E-state index in [9.17, 15) is 10.2 Å². The van der Waals surface area contributed by atoms with Crippen LogP contribution >= 0.6 is 23.2 Å². The van der Waals surface area contributed by atoms with E-state index in [2.05, 4.69) is 14.8 Å². The Morgan fingerprint density at radius 2 is 1.64 bits per heavy atom. The van der Waals surface area contributed by atoms with E-state index >= 15 is 0 Å². The predicted molar refractivity (Wildman–Crippen MR) is 160 cm³/mol. The summed E-state index contributed by atoms with van der Waals surface area (Å²) in [6.07, 6.45) is 1.00. The van der Waals surface area contributed by atoms with E-state index in [1.807, 2.05) is 56.3 Å². The van der Waals surface area contributed by atoms with Crippen LogP contribution in [0.1, 0.15) is 45.1 Å². The van der Waals surface area contributed by atoms with Crippen molar-refractivity contribution in [2.45, 2.75) is 46.0 Å². The smallest absolute Gasteiger partial charge is 0.121 e. The van der Waals surface area contributed by atoms with E-state index in [0.29, 0.717) is 23.0 Å². The first-order chi connectivity index (χ1) is 18.6. The molecule has 1 aliphatic heterocycles. The van der Waals surface area contributed by atoms with Crippen LogP contribution in [0.15, 0.2) is 66.9 Å². The normalized spacial score (nSPS) is 14.4. The van der Waals surface area contributed by atoms with Crippen LogP contribution in [0.5, 0.6) is 5.75 Å². The zero-order chi connectivity index (χ0) is 28.8. The molecule has 0 aliphatic carbocycles. The number of nitrogens with zero attached hydrogens (tertiary/aromatic N) is 3. The minimum atomic E-state index is -0.900. The highest BCUT2D eigenvalue weighted by Gasteiger charge is 2.22. The second-order valence-electron chi connectivity index (χ2n) is 9.55. The molecule has 1 aromatic heterocycles. The predicted octanol–water partition coefficient (Wildman–Crippen LogP) is 5.60. The van der Waals surface area contributed by atoms with Gasteiger partial charge in [-0.05, 0) is 44.2 Å². The maximum Gasteiger partial charge on any atom is 0.121 e. The van der Waals surface area contributed by atoms with Gasteiger partial charge >= 0.3 is 0 Å². The van der Waals surface area contributed by atoms with Crippen molar-refractivity contribution in [1.29, 1.82) is 0 Å². The van der Waals surface area contributed by atoms with Crippen LogP contribution in [-0.4, -0.2) is 70.1 Å². The topological polar surface area (TPSA) is 89.3 Å². The summed E-state index contributed by atoms with van der Waals surface area (Å²) in [6, 6.07) is 18.6. The van der Waals surface area contributed by atoms with Gasteiger partial charge in [0.25, 0.3) is 0 Å². The molecule has 2 heterocycles. The van der Waals surface area contributed by atoms with Gasteiger partial charge in [-0.3, -0.25) is 9.88 Å². The van der Waals surface area contributed by atoms with Gasteiger partial charge in [0, 0.05) is 55.6 Å². The number of anilines is 1. The Kier molecular flexibility index (Phi) is 14.0. The average Bonchev–Trinajstić information content (AvgIpc) is 2.94. The Hall–Kier alpha value is -2.39. The molecule has 4 rings (SSSR count). The molecule has 1 unspecified atom stereocenters. The van der Waals surface area contributed by atoms with Crippen molar-refractivity contribution in [3.63, 3.8) is 0 Å². The number of ether oxygens (including phenoxy) is 1. The molecule has 0 radical (unpaired) electrons. The first kappa shape index (κ1) is 32.8. The first-order valence-electron chi connectivity index (χ1n) is 13.2. The lowest BCUT2D eigenvalue weighted by Crippen LogP contribution is -2.47. The lowest BCUT2D eigenvalue weighted by molar-refractivity contribution is 0.0285. The highest BCUT2D eigenvalue weighted by molar-refractivity contribution is 6.33. The van der Waals surface area contributed by atoms with Crippen molar-refractivity contribution in [3.05, 3.63) is 88.2 Å². The highest BCUT2D eigenvalue weighted by atomic mass is 35.5. The van der Waals surface area contributed by atoms with Crippen molar-refractivity contribution in [3.8, 4) is 5.75 Å². The van der Waals surface area contributed by atoms with Crippen molar-refractivity contribution in [2.24, 2.45) is 0 Å². The van der Waals surface area contributed by atoms with Crippen LogP contribution in [0.25, 0.3) is 0 Å². The van der Waals surface area contributed by atoms with Gasteiger partial charge in [-0.25, -0.2) is 0 Å². The van der Waals surface area contributed by atoms with Gasteiger partial charge in [0.05, 0.1) is 34.7 Å². The van der Waals surface area contributed by atoms with Crippen LogP contribution in [0.4, 0.5) is 5.69 Å². The monoisotopic (exact) mass is 577 g/mol. The van der Waals surface area contributed by atoms with Crippen LogP contribution in [-0.2, 0) is 6.61 Å². The minimum absolute atomic E-state index is 0.104. The molecular weight excluding hydrogens is 537 g/mol. The molecule has 7 nitrogen and oxygen atoms in total. The lowest BCUT2D eigenvalue weighted by Gasteiger charge is -2.37. The Morgan fingerprint density at radius 1 is 0.974 bits per heavy atom. The van der Waals surface area contributed by atoms with Crippen molar-refractivity contribution >= 4 is 28.9 Å². The Morgan fingerprint density at radius 3 is 2.13 bits per heavy atom. The SMILES string of the molecule is CC.CC(C)(O)COc1ccc(N2CCN(CC(O)c3ccc(CO)nc3)CC2)c(Cl)c1.Clc1ccccc1. The number of hydrogen-bond acceptors (Lipinski definition) is 7. The number of aliphatic hydroxyl groups is 3. The Bertz CT molecular complexity index is 1090. The number of aliphatic hydroxyl groups excluding tert-OH is 2. The zero-order valence-corrected chi connectivity index (χ0v) is 24.7. The maximum atomic E-state index is 10.5. The maximum absolute atomic E-state index is 10.5. The summed E-state index contributed by atoms with van der Waals surface area (Å²) in [4.78, 5) is 8.57. The van der Waals surface area contributed by atoms with Crippen LogP contribution < -0.4 is 9.64 Å². The van der Waals surface area contributed by atoms with E-state index in [1.54, 1.807) is 38.2 Å². The van der Waals surface area contributed by atoms with Gasteiger partial charge in [0.1, 0.15) is 12.4 Å². The largest absolute Gasteiger partial charge is 0.491 e. The molecule has 0 bridgehead atoms. The summed E-state index contributed by atoms with van der Waals surface area (Å²) < 4.78 is 5.60. The molecule has 3 aromatic rings. The quantitative estimate of drug-likeness (QED) is 0.321. The fourth-order valence-electron chi connectivity index (χ4n) is 3.76. The molecule has 2 aromatic carbocycles. The van der Waals surface area contributed by atoms with E-state index in [1.165, 1.54) is 0 Å². The van der Waals surface area contributed by atoms with E-state index in [0.717, 1.165) is 42.5 Å².